The van der Waals surface area contributed by atoms with Gasteiger partial charge in [-0.15, -0.1) is 0 Å². The minimum atomic E-state index is -0.490. The number of pyridine rings is 1. The molecular formula is C28H22ClN3OS. The van der Waals surface area contributed by atoms with E-state index in [9.17, 15) is 10.1 Å². The Bertz CT molecular complexity index is 1370. The highest BCUT2D eigenvalue weighted by Crippen LogP contribution is 2.36. The van der Waals surface area contributed by atoms with E-state index in [1.165, 1.54) is 11.8 Å². The van der Waals surface area contributed by atoms with Crippen LogP contribution in [0.1, 0.15) is 18.1 Å². The monoisotopic (exact) mass is 483 g/mol. The molecule has 4 aromatic rings. The number of nitriles is 1. The Labute approximate surface area is 208 Å². The summed E-state index contributed by atoms with van der Waals surface area (Å²) >= 11 is 7.30. The molecule has 6 heteroatoms. The molecule has 1 aromatic heterocycles. The summed E-state index contributed by atoms with van der Waals surface area (Å²) in [4.78, 5) is 17.7. The first-order valence-electron chi connectivity index (χ1n) is 10.8. The van der Waals surface area contributed by atoms with E-state index >= 15 is 0 Å². The van der Waals surface area contributed by atoms with Gasteiger partial charge in [-0.3, -0.25) is 4.79 Å². The molecule has 1 amide bonds. The minimum absolute atomic E-state index is 0.194. The van der Waals surface area contributed by atoms with E-state index in [-0.39, 0.29) is 5.91 Å². The molecular weight excluding hydrogens is 462 g/mol. The first-order chi connectivity index (χ1) is 16.4. The van der Waals surface area contributed by atoms with Crippen LogP contribution in [0.3, 0.4) is 0 Å². The van der Waals surface area contributed by atoms with Crippen molar-refractivity contribution < 1.29 is 4.79 Å². The van der Waals surface area contributed by atoms with Crippen molar-refractivity contribution in [1.82, 2.24) is 4.98 Å². The Morgan fingerprint density at radius 3 is 2.41 bits per heavy atom. The van der Waals surface area contributed by atoms with E-state index in [0.29, 0.717) is 21.3 Å². The predicted octanol–water partition coefficient (Wildman–Crippen LogP) is 7.37. The number of carbonyl (C=O) groups is 1. The van der Waals surface area contributed by atoms with Gasteiger partial charge in [-0.25, -0.2) is 4.98 Å². The second-order valence-corrected chi connectivity index (χ2v) is 9.60. The fourth-order valence-electron chi connectivity index (χ4n) is 3.46. The van der Waals surface area contributed by atoms with Crippen molar-refractivity contribution in [2.24, 2.45) is 0 Å². The molecule has 4 rings (SSSR count). The second-order valence-electron chi connectivity index (χ2n) is 7.84. The number of aryl methyl sites for hydroxylation is 1. The van der Waals surface area contributed by atoms with Crippen molar-refractivity contribution in [3.63, 3.8) is 0 Å². The summed E-state index contributed by atoms with van der Waals surface area (Å²) in [5.41, 5.74) is 5.63. The molecule has 1 unspecified atom stereocenters. The van der Waals surface area contributed by atoms with Crippen molar-refractivity contribution in [3.8, 4) is 28.5 Å². The number of carbonyl (C=O) groups excluding carboxylic acids is 1. The highest BCUT2D eigenvalue weighted by molar-refractivity contribution is 8.00. The molecule has 1 atom stereocenters. The first-order valence-corrected chi connectivity index (χ1v) is 12.0. The lowest BCUT2D eigenvalue weighted by Gasteiger charge is -2.16. The van der Waals surface area contributed by atoms with Gasteiger partial charge in [0, 0.05) is 21.8 Å². The lowest BCUT2D eigenvalue weighted by molar-refractivity contribution is -0.115. The van der Waals surface area contributed by atoms with Crippen LogP contribution in [-0.2, 0) is 4.79 Å². The van der Waals surface area contributed by atoms with Crippen LogP contribution >= 0.6 is 23.4 Å². The van der Waals surface area contributed by atoms with E-state index in [2.05, 4.69) is 11.4 Å². The maximum absolute atomic E-state index is 12.9. The van der Waals surface area contributed by atoms with Crippen LogP contribution in [0.5, 0.6) is 0 Å². The van der Waals surface area contributed by atoms with Gasteiger partial charge in [-0.2, -0.15) is 5.26 Å². The van der Waals surface area contributed by atoms with Crippen molar-refractivity contribution in [3.05, 3.63) is 101 Å². The predicted molar refractivity (Wildman–Crippen MR) is 140 cm³/mol. The summed E-state index contributed by atoms with van der Waals surface area (Å²) in [6, 6.07) is 29.2. The molecule has 1 N–H and O–H groups in total. The lowest BCUT2D eigenvalue weighted by atomic mass is 9.98. The number of rotatable bonds is 6. The van der Waals surface area contributed by atoms with Gasteiger partial charge in [-0.1, -0.05) is 89.6 Å². The van der Waals surface area contributed by atoms with Crippen LogP contribution in [0.4, 0.5) is 5.69 Å². The van der Waals surface area contributed by atoms with E-state index in [1.54, 1.807) is 31.2 Å². The number of amides is 1. The minimum Gasteiger partial charge on any atom is -0.325 e. The van der Waals surface area contributed by atoms with Crippen molar-refractivity contribution in [2.45, 2.75) is 24.1 Å². The molecule has 34 heavy (non-hydrogen) atoms. The standard InChI is InChI=1S/C28H22ClN3OS/c1-18-11-13-20(14-12-18)24-16-26(21-7-4-3-5-8-21)32-28(25(24)17-30)34-19(2)27(33)31-23-10-6-9-22(29)15-23/h3-16,19H,1-2H3,(H,31,33). The summed E-state index contributed by atoms with van der Waals surface area (Å²) in [6.45, 7) is 3.83. The Morgan fingerprint density at radius 1 is 1.00 bits per heavy atom. The maximum atomic E-state index is 12.9. The summed E-state index contributed by atoms with van der Waals surface area (Å²) in [5.74, 6) is -0.194. The molecule has 0 radical (unpaired) electrons. The molecule has 1 heterocycles. The quantitative estimate of drug-likeness (QED) is 0.291. The number of halogens is 1. The summed E-state index contributed by atoms with van der Waals surface area (Å²) in [5, 5.41) is 13.5. The normalized spacial score (nSPS) is 11.5. The summed E-state index contributed by atoms with van der Waals surface area (Å²) in [6.07, 6.45) is 0. The zero-order chi connectivity index (χ0) is 24.1. The number of nitrogens with zero attached hydrogens (tertiary/aromatic N) is 2. The van der Waals surface area contributed by atoms with Crippen LogP contribution in [0.2, 0.25) is 5.02 Å². The Balaban J connectivity index is 1.73. The molecule has 0 bridgehead atoms. The molecule has 0 spiro atoms. The first kappa shape index (κ1) is 23.6. The largest absolute Gasteiger partial charge is 0.325 e. The molecule has 0 aliphatic heterocycles. The van der Waals surface area contributed by atoms with Crippen LogP contribution in [-0.4, -0.2) is 16.1 Å². The van der Waals surface area contributed by atoms with E-state index < -0.39 is 5.25 Å². The molecule has 4 nitrogen and oxygen atoms in total. The third kappa shape index (κ3) is 5.48. The van der Waals surface area contributed by atoms with Crippen molar-refractivity contribution in [2.75, 3.05) is 5.32 Å². The van der Waals surface area contributed by atoms with Crippen LogP contribution in [0, 0.1) is 18.3 Å². The lowest BCUT2D eigenvalue weighted by Crippen LogP contribution is -2.22. The Kier molecular flexibility index (Phi) is 7.32. The number of thioether (sulfide) groups is 1. The van der Waals surface area contributed by atoms with Gasteiger partial charge >= 0.3 is 0 Å². The van der Waals surface area contributed by atoms with Gasteiger partial charge in [-0.05, 0) is 43.7 Å². The SMILES string of the molecule is Cc1ccc(-c2cc(-c3ccccc3)nc(SC(C)C(=O)Nc3cccc(Cl)c3)c2C#N)cc1. The molecule has 0 aliphatic carbocycles. The second kappa shape index (κ2) is 10.6. The Hall–Kier alpha value is -3.59. The fraction of sp³-hybridized carbons (Fsp3) is 0.107. The van der Waals surface area contributed by atoms with E-state index in [0.717, 1.165) is 27.9 Å². The Morgan fingerprint density at radius 2 is 1.74 bits per heavy atom. The van der Waals surface area contributed by atoms with Crippen LogP contribution < -0.4 is 5.32 Å². The number of benzene rings is 3. The average molecular weight is 484 g/mol. The van der Waals surface area contributed by atoms with E-state index in [4.69, 9.17) is 16.6 Å². The zero-order valence-corrected chi connectivity index (χ0v) is 20.3. The van der Waals surface area contributed by atoms with Crippen LogP contribution in [0.15, 0.2) is 90.0 Å². The highest BCUT2D eigenvalue weighted by Gasteiger charge is 2.21. The van der Waals surface area contributed by atoms with Crippen molar-refractivity contribution >= 4 is 35.0 Å². The summed E-state index contributed by atoms with van der Waals surface area (Å²) in [7, 11) is 0. The number of hydrogen-bond donors (Lipinski definition) is 1. The average Bonchev–Trinajstić information content (AvgIpc) is 2.84. The topological polar surface area (TPSA) is 65.8 Å². The molecule has 0 saturated carbocycles. The van der Waals surface area contributed by atoms with Gasteiger partial charge in [0.25, 0.3) is 0 Å². The van der Waals surface area contributed by atoms with Gasteiger partial charge in [0.05, 0.1) is 16.5 Å². The number of aromatic nitrogens is 1. The van der Waals surface area contributed by atoms with Crippen molar-refractivity contribution in [1.29, 1.82) is 5.26 Å². The highest BCUT2D eigenvalue weighted by atomic mass is 35.5. The molecule has 168 valence electrons. The molecule has 0 aliphatic rings. The van der Waals surface area contributed by atoms with Gasteiger partial charge in [0.2, 0.25) is 5.91 Å². The molecule has 0 fully saturated rings. The smallest absolute Gasteiger partial charge is 0.237 e. The maximum Gasteiger partial charge on any atom is 0.237 e. The third-order valence-electron chi connectivity index (χ3n) is 5.28. The number of anilines is 1. The number of nitrogens with one attached hydrogen (secondary N) is 1. The van der Waals surface area contributed by atoms with Crippen LogP contribution in [0.25, 0.3) is 22.4 Å². The number of hydrogen-bond acceptors (Lipinski definition) is 4. The third-order valence-corrected chi connectivity index (χ3v) is 6.60. The molecule has 3 aromatic carbocycles. The van der Waals surface area contributed by atoms with Gasteiger partial charge in [0.1, 0.15) is 11.1 Å². The van der Waals surface area contributed by atoms with E-state index in [1.807, 2.05) is 67.6 Å². The van der Waals surface area contributed by atoms with Gasteiger partial charge in [0.15, 0.2) is 0 Å². The fourth-order valence-corrected chi connectivity index (χ4v) is 4.58. The van der Waals surface area contributed by atoms with Gasteiger partial charge < -0.3 is 5.32 Å². The zero-order valence-electron chi connectivity index (χ0n) is 18.7. The molecule has 0 saturated heterocycles. The summed E-state index contributed by atoms with van der Waals surface area (Å²) < 4.78 is 0.